The average molecular weight is 364 g/mol. The Hall–Kier alpha value is -2.86. The first-order valence-electron chi connectivity index (χ1n) is 8.46. The van der Waals surface area contributed by atoms with Crippen molar-refractivity contribution in [3.05, 3.63) is 54.1 Å². The Kier molecular flexibility index (Phi) is 3.15. The number of hydrogen-bond donors (Lipinski definition) is 1. The van der Waals surface area contributed by atoms with Crippen LogP contribution in [-0.2, 0) is 16.0 Å². The monoisotopic (exact) mass is 364 g/mol. The molecule has 0 radical (unpaired) electrons. The van der Waals surface area contributed by atoms with Gasteiger partial charge in [0.25, 0.3) is 5.91 Å². The maximum atomic E-state index is 12.8. The second kappa shape index (κ2) is 5.32. The van der Waals surface area contributed by atoms with Gasteiger partial charge in [-0.1, -0.05) is 24.3 Å². The van der Waals surface area contributed by atoms with Crippen LogP contribution in [0.25, 0.3) is 10.1 Å². The van der Waals surface area contributed by atoms with E-state index in [2.05, 4.69) is 12.1 Å². The molecule has 0 bridgehead atoms. The first kappa shape index (κ1) is 15.4. The van der Waals surface area contributed by atoms with Crippen LogP contribution in [0.5, 0.6) is 5.75 Å². The zero-order valence-corrected chi connectivity index (χ0v) is 14.9. The fourth-order valence-electron chi connectivity index (χ4n) is 4.10. The van der Waals surface area contributed by atoms with Crippen LogP contribution in [0.2, 0.25) is 0 Å². The van der Waals surface area contributed by atoms with Crippen molar-refractivity contribution in [1.29, 1.82) is 0 Å². The van der Waals surface area contributed by atoms with Gasteiger partial charge in [0.15, 0.2) is 0 Å². The maximum Gasteiger partial charge on any atom is 0.252 e. The molecule has 1 aromatic heterocycles. The first-order valence-corrected chi connectivity index (χ1v) is 9.28. The van der Waals surface area contributed by atoms with E-state index in [1.54, 1.807) is 36.6 Å². The summed E-state index contributed by atoms with van der Waals surface area (Å²) < 4.78 is 1.14. The Morgan fingerprint density at radius 1 is 1.08 bits per heavy atom. The van der Waals surface area contributed by atoms with Gasteiger partial charge in [0.1, 0.15) is 16.8 Å². The SMILES string of the molecule is CN1C(=O)C2[C@H](Cc3c(sc4ccccc34)N2c2cccc(O)c2)C1=O. The van der Waals surface area contributed by atoms with Crippen LogP contribution in [-0.4, -0.2) is 34.9 Å². The molecule has 130 valence electrons. The van der Waals surface area contributed by atoms with Crippen LogP contribution in [0.1, 0.15) is 5.56 Å². The number of thiophene rings is 1. The third-order valence-electron chi connectivity index (χ3n) is 5.32. The standard InChI is InChI=1S/C20H16N2O3S/c1-21-18(24)15-10-14-13-7-2-3-8-16(13)26-20(14)22(17(15)19(21)25)11-5-4-6-12(23)9-11/h2-9,15,17,23H,10H2,1H3/t15-,17?/m0/s1. The lowest BCUT2D eigenvalue weighted by molar-refractivity contribution is -0.137. The van der Waals surface area contributed by atoms with E-state index in [-0.39, 0.29) is 17.6 Å². The molecule has 0 aliphatic carbocycles. The van der Waals surface area contributed by atoms with Gasteiger partial charge in [0.05, 0.1) is 5.92 Å². The zero-order valence-electron chi connectivity index (χ0n) is 14.0. The topological polar surface area (TPSA) is 60.9 Å². The van der Waals surface area contributed by atoms with Crippen molar-refractivity contribution < 1.29 is 14.7 Å². The van der Waals surface area contributed by atoms with Crippen LogP contribution in [0.3, 0.4) is 0 Å². The van der Waals surface area contributed by atoms with Gasteiger partial charge in [-0.05, 0) is 35.6 Å². The summed E-state index contributed by atoms with van der Waals surface area (Å²) >= 11 is 1.62. The second-order valence-corrected chi connectivity index (χ2v) is 7.79. The number of carbonyl (C=O) groups is 2. The number of nitrogens with zero attached hydrogens (tertiary/aromatic N) is 2. The minimum absolute atomic E-state index is 0.133. The Labute approximate surface area is 154 Å². The predicted molar refractivity (Wildman–Crippen MR) is 101 cm³/mol. The molecule has 2 aliphatic rings. The number of carbonyl (C=O) groups excluding carboxylic acids is 2. The van der Waals surface area contributed by atoms with Crippen molar-refractivity contribution >= 4 is 43.9 Å². The van der Waals surface area contributed by atoms with E-state index in [9.17, 15) is 14.7 Å². The van der Waals surface area contributed by atoms with E-state index in [1.807, 2.05) is 23.1 Å². The largest absolute Gasteiger partial charge is 0.508 e. The molecule has 3 aromatic rings. The number of likely N-dealkylation sites (N-methyl/N-ethyl adjacent to an activating group) is 1. The van der Waals surface area contributed by atoms with Gasteiger partial charge in [-0.3, -0.25) is 14.5 Å². The molecule has 2 amide bonds. The highest BCUT2D eigenvalue weighted by atomic mass is 32.1. The van der Waals surface area contributed by atoms with Crippen LogP contribution in [0.4, 0.5) is 10.7 Å². The van der Waals surface area contributed by atoms with Crippen LogP contribution < -0.4 is 4.90 Å². The Bertz CT molecular complexity index is 1070. The molecule has 1 saturated heterocycles. The van der Waals surface area contributed by atoms with Crippen molar-refractivity contribution in [1.82, 2.24) is 4.90 Å². The lowest BCUT2D eigenvalue weighted by atomic mass is 9.88. The molecule has 0 saturated carbocycles. The number of rotatable bonds is 1. The van der Waals surface area contributed by atoms with Crippen LogP contribution in [0, 0.1) is 5.92 Å². The summed E-state index contributed by atoms with van der Waals surface area (Å²) in [4.78, 5) is 28.7. The van der Waals surface area contributed by atoms with E-state index in [0.29, 0.717) is 6.42 Å². The second-order valence-electron chi connectivity index (χ2n) is 6.76. The molecule has 2 atom stereocenters. The highest BCUT2D eigenvalue weighted by molar-refractivity contribution is 7.23. The predicted octanol–water partition coefficient (Wildman–Crippen LogP) is 3.28. The molecule has 5 rings (SSSR count). The number of amides is 2. The molecule has 5 nitrogen and oxygen atoms in total. The number of benzene rings is 2. The van der Waals surface area contributed by atoms with Crippen molar-refractivity contribution in [3.63, 3.8) is 0 Å². The third-order valence-corrected chi connectivity index (χ3v) is 6.53. The quantitative estimate of drug-likeness (QED) is 0.673. The summed E-state index contributed by atoms with van der Waals surface area (Å²) in [7, 11) is 1.55. The van der Waals surface area contributed by atoms with Crippen LogP contribution in [0.15, 0.2) is 48.5 Å². The summed E-state index contributed by atoms with van der Waals surface area (Å²) in [5, 5.41) is 12.1. The van der Waals surface area contributed by atoms with Crippen molar-refractivity contribution in [3.8, 4) is 5.75 Å². The van der Waals surface area contributed by atoms with Crippen molar-refractivity contribution in [2.75, 3.05) is 11.9 Å². The normalized spacial score (nSPS) is 22.0. The minimum atomic E-state index is -0.560. The number of aromatic hydroxyl groups is 1. The average Bonchev–Trinajstić information content (AvgIpc) is 3.12. The van der Waals surface area contributed by atoms with Crippen molar-refractivity contribution in [2.24, 2.45) is 5.92 Å². The number of phenolic OH excluding ortho intramolecular Hbond substituents is 1. The summed E-state index contributed by atoms with van der Waals surface area (Å²) in [6.07, 6.45) is 0.564. The fraction of sp³-hybridized carbons (Fsp3) is 0.200. The van der Waals surface area contributed by atoms with E-state index >= 15 is 0 Å². The molecular formula is C20H16N2O3S. The van der Waals surface area contributed by atoms with Gasteiger partial charge in [-0.2, -0.15) is 0 Å². The lowest BCUT2D eigenvalue weighted by Crippen LogP contribution is -2.44. The highest BCUT2D eigenvalue weighted by Crippen LogP contribution is 2.50. The number of hydrogen-bond acceptors (Lipinski definition) is 5. The smallest absolute Gasteiger partial charge is 0.252 e. The fourth-order valence-corrected chi connectivity index (χ4v) is 5.39. The third kappa shape index (κ3) is 1.96. The maximum absolute atomic E-state index is 12.8. The zero-order chi connectivity index (χ0) is 18.0. The Morgan fingerprint density at radius 3 is 2.69 bits per heavy atom. The number of imide groups is 1. The van der Waals surface area contributed by atoms with Crippen molar-refractivity contribution in [2.45, 2.75) is 12.5 Å². The van der Waals surface area contributed by atoms with Gasteiger partial charge in [-0.25, -0.2) is 0 Å². The lowest BCUT2D eigenvalue weighted by Gasteiger charge is -2.36. The summed E-state index contributed by atoms with van der Waals surface area (Å²) in [5.74, 6) is -0.588. The molecule has 2 aromatic carbocycles. The van der Waals surface area contributed by atoms with Crippen LogP contribution >= 0.6 is 11.3 Å². The molecule has 1 unspecified atom stereocenters. The molecule has 26 heavy (non-hydrogen) atoms. The van der Waals surface area contributed by atoms with Gasteiger partial charge in [0.2, 0.25) is 5.91 Å². The molecule has 1 N–H and O–H groups in total. The molecule has 1 fully saturated rings. The summed E-state index contributed by atoms with van der Waals surface area (Å²) in [5.41, 5.74) is 1.83. The first-order chi connectivity index (χ1) is 12.6. The number of phenols is 1. The minimum Gasteiger partial charge on any atom is -0.508 e. The van der Waals surface area contributed by atoms with Gasteiger partial charge < -0.3 is 10.0 Å². The summed E-state index contributed by atoms with van der Waals surface area (Å²) in [6, 6.07) is 14.4. The Balaban J connectivity index is 1.79. The molecule has 6 heteroatoms. The molecule has 2 aliphatic heterocycles. The van der Waals surface area contributed by atoms with Gasteiger partial charge in [-0.15, -0.1) is 11.3 Å². The molecular weight excluding hydrogens is 348 g/mol. The van der Waals surface area contributed by atoms with E-state index < -0.39 is 12.0 Å². The summed E-state index contributed by atoms with van der Waals surface area (Å²) in [6.45, 7) is 0. The Morgan fingerprint density at radius 2 is 1.88 bits per heavy atom. The number of anilines is 2. The van der Waals surface area contributed by atoms with E-state index in [1.165, 1.54) is 4.90 Å². The van der Waals surface area contributed by atoms with Gasteiger partial charge in [0, 0.05) is 23.5 Å². The number of likely N-dealkylation sites (tertiary alicyclic amines) is 1. The number of fused-ring (bicyclic) bond motifs is 4. The molecule has 3 heterocycles. The van der Waals surface area contributed by atoms with Gasteiger partial charge >= 0.3 is 0 Å². The van der Waals surface area contributed by atoms with E-state index in [4.69, 9.17) is 0 Å². The van der Waals surface area contributed by atoms with E-state index in [0.717, 1.165) is 26.3 Å². The highest BCUT2D eigenvalue weighted by Gasteiger charge is 2.53. The molecule has 0 spiro atoms.